The van der Waals surface area contributed by atoms with Crippen molar-refractivity contribution in [1.29, 1.82) is 0 Å². The van der Waals surface area contributed by atoms with Crippen LogP contribution in [0.2, 0.25) is 0 Å². The summed E-state index contributed by atoms with van der Waals surface area (Å²) in [5, 5.41) is 2.65. The van der Waals surface area contributed by atoms with Crippen molar-refractivity contribution in [3.63, 3.8) is 0 Å². The maximum atomic E-state index is 12.4. The molecule has 0 saturated carbocycles. The van der Waals surface area contributed by atoms with Gasteiger partial charge in [0.1, 0.15) is 6.04 Å². The number of nitrogens with two attached hydrogens (primary N) is 1. The topological polar surface area (TPSA) is 75.4 Å². The van der Waals surface area contributed by atoms with Gasteiger partial charge in [0.25, 0.3) is 0 Å². The lowest BCUT2D eigenvalue weighted by molar-refractivity contribution is -0.125. The molecule has 140 valence electrons. The van der Waals surface area contributed by atoms with Crippen LogP contribution in [0.4, 0.5) is 0 Å². The molecule has 1 aromatic carbocycles. The van der Waals surface area contributed by atoms with Gasteiger partial charge in [-0.2, -0.15) is 0 Å². The summed E-state index contributed by atoms with van der Waals surface area (Å²) >= 11 is 2.20. The SMILES string of the molecule is CC.CC.C[C@H](NC(=O)C1=CCN(SI)C1c1ccccc1)C(N)=O. The fourth-order valence-electron chi connectivity index (χ4n) is 2.18. The summed E-state index contributed by atoms with van der Waals surface area (Å²) in [6, 6.07) is 9.03. The predicted molar refractivity (Wildman–Crippen MR) is 115 cm³/mol. The molecule has 0 fully saturated rings. The summed E-state index contributed by atoms with van der Waals surface area (Å²) in [5.41, 5.74) is 6.89. The van der Waals surface area contributed by atoms with Crippen LogP contribution in [-0.2, 0) is 9.59 Å². The van der Waals surface area contributed by atoms with Crippen molar-refractivity contribution >= 4 is 42.1 Å². The third kappa shape index (κ3) is 6.99. The van der Waals surface area contributed by atoms with E-state index in [0.717, 1.165) is 5.56 Å². The maximum Gasteiger partial charge on any atom is 0.249 e. The summed E-state index contributed by atoms with van der Waals surface area (Å²) in [7, 11) is 1.56. The highest BCUT2D eigenvalue weighted by atomic mass is 127. The number of hydrogen-bond donors (Lipinski definition) is 2. The zero-order valence-electron chi connectivity index (χ0n) is 15.5. The van der Waals surface area contributed by atoms with Crippen LogP contribution in [0.3, 0.4) is 0 Å². The monoisotopic (exact) mass is 477 g/mol. The quantitative estimate of drug-likeness (QED) is 0.497. The Bertz CT molecular complexity index is 567. The second-order valence-corrected chi connectivity index (χ2v) is 6.53. The highest BCUT2D eigenvalue weighted by Gasteiger charge is 2.33. The molecule has 25 heavy (non-hydrogen) atoms. The normalized spacial score (nSPS) is 17.2. The van der Waals surface area contributed by atoms with Gasteiger partial charge >= 0.3 is 0 Å². The number of carbonyl (C=O) groups excluding carboxylic acids is 2. The summed E-state index contributed by atoms with van der Waals surface area (Å²) in [6.07, 6.45) is 1.90. The minimum absolute atomic E-state index is 0.117. The first kappa shape index (κ1) is 23.9. The number of halogens is 1. The molecule has 0 bridgehead atoms. The summed E-state index contributed by atoms with van der Waals surface area (Å²) in [5.74, 6) is -0.790. The van der Waals surface area contributed by atoms with Crippen molar-refractivity contribution in [2.45, 2.75) is 46.7 Å². The van der Waals surface area contributed by atoms with Gasteiger partial charge < -0.3 is 11.1 Å². The van der Waals surface area contributed by atoms with E-state index in [1.165, 1.54) is 0 Å². The van der Waals surface area contributed by atoms with E-state index in [9.17, 15) is 9.59 Å². The molecule has 0 spiro atoms. The second-order valence-electron chi connectivity index (χ2n) is 4.74. The van der Waals surface area contributed by atoms with Crippen LogP contribution in [0.5, 0.6) is 0 Å². The van der Waals surface area contributed by atoms with Gasteiger partial charge in [0.2, 0.25) is 11.8 Å². The maximum absolute atomic E-state index is 12.4. The number of benzene rings is 1. The van der Waals surface area contributed by atoms with Gasteiger partial charge in [-0.05, 0) is 21.6 Å². The van der Waals surface area contributed by atoms with Crippen LogP contribution < -0.4 is 11.1 Å². The Kier molecular flexibility index (Phi) is 12.6. The molecule has 2 amide bonds. The minimum atomic E-state index is -0.684. The molecular weight excluding hydrogens is 449 g/mol. The number of nitrogens with zero attached hydrogens (tertiary/aromatic N) is 1. The number of primary amides is 1. The molecule has 1 unspecified atom stereocenters. The van der Waals surface area contributed by atoms with Crippen molar-refractivity contribution in [2.75, 3.05) is 6.54 Å². The second kappa shape index (κ2) is 13.2. The first-order chi connectivity index (χ1) is 12.0. The summed E-state index contributed by atoms with van der Waals surface area (Å²) in [6.45, 7) is 10.3. The van der Waals surface area contributed by atoms with E-state index < -0.39 is 11.9 Å². The van der Waals surface area contributed by atoms with Gasteiger partial charge in [0, 0.05) is 33.3 Å². The van der Waals surface area contributed by atoms with Gasteiger partial charge in [0.15, 0.2) is 0 Å². The van der Waals surface area contributed by atoms with E-state index in [2.05, 4.69) is 30.8 Å². The first-order valence-electron chi connectivity index (χ1n) is 8.45. The third-order valence-electron chi connectivity index (χ3n) is 3.31. The summed E-state index contributed by atoms with van der Waals surface area (Å²) in [4.78, 5) is 23.5. The molecule has 0 aliphatic carbocycles. The highest BCUT2D eigenvalue weighted by Crippen LogP contribution is 2.40. The van der Waals surface area contributed by atoms with Crippen molar-refractivity contribution in [2.24, 2.45) is 5.73 Å². The molecule has 1 aliphatic rings. The Hall–Kier alpha value is -1.06. The van der Waals surface area contributed by atoms with Crippen LogP contribution in [0.15, 0.2) is 42.0 Å². The lowest BCUT2D eigenvalue weighted by atomic mass is 10.00. The molecule has 3 N–H and O–H groups in total. The Morgan fingerprint density at radius 2 is 1.80 bits per heavy atom. The van der Waals surface area contributed by atoms with Crippen LogP contribution >= 0.6 is 30.3 Å². The lowest BCUT2D eigenvalue weighted by Crippen LogP contribution is -2.43. The lowest BCUT2D eigenvalue weighted by Gasteiger charge is -2.24. The molecule has 0 radical (unpaired) electrons. The molecule has 2 atom stereocenters. The molecule has 1 aromatic rings. The Labute approximate surface area is 167 Å². The minimum Gasteiger partial charge on any atom is -0.368 e. The fraction of sp³-hybridized carbons (Fsp3) is 0.444. The van der Waals surface area contributed by atoms with Crippen LogP contribution in [0.25, 0.3) is 0 Å². The van der Waals surface area contributed by atoms with Crippen molar-refractivity contribution in [3.8, 4) is 0 Å². The van der Waals surface area contributed by atoms with Gasteiger partial charge in [0.05, 0.1) is 6.04 Å². The van der Waals surface area contributed by atoms with Crippen molar-refractivity contribution in [1.82, 2.24) is 9.62 Å². The number of carbonyl (C=O) groups is 2. The molecule has 0 aromatic heterocycles. The first-order valence-corrected chi connectivity index (χ1v) is 11.8. The highest BCUT2D eigenvalue weighted by molar-refractivity contribution is 14.2. The number of nitrogens with one attached hydrogen (secondary N) is 1. The third-order valence-corrected chi connectivity index (χ3v) is 5.37. The van der Waals surface area contributed by atoms with E-state index in [-0.39, 0.29) is 11.9 Å². The average Bonchev–Trinajstić information content (AvgIpc) is 3.09. The molecule has 5 nitrogen and oxygen atoms in total. The van der Waals surface area contributed by atoms with Crippen LogP contribution in [0, 0.1) is 0 Å². The molecule has 7 heteroatoms. The van der Waals surface area contributed by atoms with Gasteiger partial charge in [-0.1, -0.05) is 64.1 Å². The molecule has 2 rings (SSSR count). The average molecular weight is 477 g/mol. The number of hydrogen-bond acceptors (Lipinski definition) is 4. The standard InChI is InChI=1S/C14H16IN3O2S.2C2H6/c1-9(13(16)19)17-14(20)11-7-8-18(21-15)12(11)10-5-3-2-4-6-10;2*1-2/h2-7,9,12H,8H2,1H3,(H2,16,19)(H,17,20);2*1-2H3/t9-,12?;;/m0../s1. The Morgan fingerprint density at radius 3 is 2.28 bits per heavy atom. The molecule has 1 heterocycles. The smallest absolute Gasteiger partial charge is 0.249 e. The fourth-order valence-corrected chi connectivity index (χ4v) is 3.79. The van der Waals surface area contributed by atoms with Gasteiger partial charge in [-0.25, -0.2) is 4.31 Å². The molecule has 1 aliphatic heterocycles. The van der Waals surface area contributed by atoms with Gasteiger partial charge in [-0.15, -0.1) is 0 Å². The zero-order valence-corrected chi connectivity index (χ0v) is 18.4. The zero-order chi connectivity index (χ0) is 19.4. The van der Waals surface area contributed by atoms with E-state index in [1.54, 1.807) is 16.0 Å². The largest absolute Gasteiger partial charge is 0.368 e. The van der Waals surface area contributed by atoms with E-state index >= 15 is 0 Å². The van der Waals surface area contributed by atoms with E-state index in [1.807, 2.05) is 64.1 Å². The number of rotatable bonds is 5. The number of amides is 2. The van der Waals surface area contributed by atoms with Crippen molar-refractivity contribution in [3.05, 3.63) is 47.5 Å². The van der Waals surface area contributed by atoms with E-state index in [4.69, 9.17) is 5.73 Å². The Balaban J connectivity index is 0.00000134. The van der Waals surface area contributed by atoms with Gasteiger partial charge in [-0.3, -0.25) is 9.59 Å². The summed E-state index contributed by atoms with van der Waals surface area (Å²) < 4.78 is 2.11. The molecular formula is C18H28IN3O2S. The van der Waals surface area contributed by atoms with Crippen molar-refractivity contribution < 1.29 is 9.59 Å². The van der Waals surface area contributed by atoms with E-state index in [0.29, 0.717) is 12.1 Å². The van der Waals surface area contributed by atoms with Crippen LogP contribution in [-0.4, -0.2) is 28.7 Å². The predicted octanol–water partition coefficient (Wildman–Crippen LogP) is 4.01. The van der Waals surface area contributed by atoms with Crippen LogP contribution in [0.1, 0.15) is 46.2 Å². The molecule has 0 saturated heterocycles. The Morgan fingerprint density at radius 1 is 1.24 bits per heavy atom.